The first kappa shape index (κ1) is 15.1. The Bertz CT molecular complexity index is 669. The second-order valence-corrected chi connectivity index (χ2v) is 6.64. The first-order chi connectivity index (χ1) is 9.67. The van der Waals surface area contributed by atoms with Gasteiger partial charge in [-0.05, 0) is 24.3 Å². The van der Waals surface area contributed by atoms with Gasteiger partial charge in [-0.3, -0.25) is 0 Å². The largest absolute Gasteiger partial charge is 0.192 e. The molecular formula is C14H6Cl2N2S2. The van der Waals surface area contributed by atoms with Crippen molar-refractivity contribution < 1.29 is 0 Å². The maximum Gasteiger partial charge on any atom is 0.102 e. The minimum Gasteiger partial charge on any atom is -0.192 e. The molecule has 0 N–H and O–H groups in total. The molecule has 0 fully saturated rings. The Hall–Kier alpha value is -1.30. The molecule has 0 saturated carbocycles. The zero-order valence-corrected chi connectivity index (χ0v) is 13.1. The molecule has 0 saturated heterocycles. The summed E-state index contributed by atoms with van der Waals surface area (Å²) < 4.78 is 0. The number of hydrogen-bond acceptors (Lipinski definition) is 4. The number of hydrogen-bond donors (Lipinski definition) is 0. The van der Waals surface area contributed by atoms with Crippen LogP contribution in [-0.2, 0) is 0 Å². The summed E-state index contributed by atoms with van der Waals surface area (Å²) in [6.07, 6.45) is 0. The van der Waals surface area contributed by atoms with Gasteiger partial charge in [-0.25, -0.2) is 0 Å². The van der Waals surface area contributed by atoms with Crippen molar-refractivity contribution in [2.75, 3.05) is 0 Å². The Morgan fingerprint density at radius 2 is 1.15 bits per heavy atom. The molecule has 0 heterocycles. The summed E-state index contributed by atoms with van der Waals surface area (Å²) >= 11 is 12.0. The molecule has 0 spiro atoms. The summed E-state index contributed by atoms with van der Waals surface area (Å²) in [5.41, 5.74) is 0.874. The fourth-order valence-corrected chi connectivity index (χ4v) is 4.30. The maximum absolute atomic E-state index is 9.11. The number of benzene rings is 2. The van der Waals surface area contributed by atoms with Crippen LogP contribution in [0.3, 0.4) is 0 Å². The topological polar surface area (TPSA) is 47.6 Å². The molecular weight excluding hydrogens is 331 g/mol. The molecule has 6 heteroatoms. The van der Waals surface area contributed by atoms with Crippen molar-refractivity contribution >= 4 is 44.8 Å². The lowest BCUT2D eigenvalue weighted by atomic mass is 10.2. The molecule has 0 amide bonds. The molecule has 2 aromatic rings. The Labute approximate surface area is 134 Å². The number of rotatable bonds is 3. The van der Waals surface area contributed by atoms with Gasteiger partial charge in [0.15, 0.2) is 0 Å². The first-order valence-corrected chi connectivity index (χ1v) is 8.29. The highest BCUT2D eigenvalue weighted by Crippen LogP contribution is 2.42. The van der Waals surface area contributed by atoms with Gasteiger partial charge >= 0.3 is 0 Å². The number of nitriles is 2. The molecule has 0 atom stereocenters. The summed E-state index contributed by atoms with van der Waals surface area (Å²) in [6.45, 7) is 0. The van der Waals surface area contributed by atoms with Crippen molar-refractivity contribution in [1.82, 2.24) is 0 Å². The van der Waals surface area contributed by atoms with Crippen molar-refractivity contribution in [2.24, 2.45) is 0 Å². The van der Waals surface area contributed by atoms with Gasteiger partial charge in [0, 0.05) is 9.79 Å². The van der Waals surface area contributed by atoms with E-state index in [4.69, 9.17) is 33.7 Å². The molecule has 2 rings (SSSR count). The third kappa shape index (κ3) is 3.23. The highest BCUT2D eigenvalue weighted by molar-refractivity contribution is 8.76. The monoisotopic (exact) mass is 336 g/mol. The van der Waals surface area contributed by atoms with E-state index in [9.17, 15) is 0 Å². The van der Waals surface area contributed by atoms with Crippen LogP contribution in [0.2, 0.25) is 10.0 Å². The van der Waals surface area contributed by atoms with Crippen LogP contribution in [0.4, 0.5) is 0 Å². The van der Waals surface area contributed by atoms with Crippen LogP contribution in [0.5, 0.6) is 0 Å². The second kappa shape index (κ2) is 6.92. The van der Waals surface area contributed by atoms with Gasteiger partial charge in [-0.2, -0.15) is 10.5 Å². The lowest BCUT2D eigenvalue weighted by Gasteiger charge is -2.06. The summed E-state index contributed by atoms with van der Waals surface area (Å²) in [6, 6.07) is 14.7. The fourth-order valence-electron chi connectivity index (χ4n) is 1.45. The molecule has 2 nitrogen and oxygen atoms in total. The normalized spacial score (nSPS) is 9.80. The van der Waals surface area contributed by atoms with E-state index in [2.05, 4.69) is 12.1 Å². The first-order valence-electron chi connectivity index (χ1n) is 5.39. The van der Waals surface area contributed by atoms with E-state index in [0.29, 0.717) is 21.2 Å². The minimum absolute atomic E-state index is 0.421. The van der Waals surface area contributed by atoms with Gasteiger partial charge < -0.3 is 0 Å². The molecule has 0 aliphatic heterocycles. The fraction of sp³-hybridized carbons (Fsp3) is 0. The van der Waals surface area contributed by atoms with Crippen molar-refractivity contribution in [3.05, 3.63) is 57.6 Å². The van der Waals surface area contributed by atoms with Crippen LogP contribution in [0.15, 0.2) is 46.2 Å². The lowest BCUT2D eigenvalue weighted by molar-refractivity contribution is 1.37. The maximum atomic E-state index is 9.11. The van der Waals surface area contributed by atoms with Crippen LogP contribution in [0, 0.1) is 22.7 Å². The van der Waals surface area contributed by atoms with E-state index in [0.717, 1.165) is 9.79 Å². The summed E-state index contributed by atoms with van der Waals surface area (Å²) in [4.78, 5) is 1.52. The number of halogens is 2. The molecule has 2 aromatic carbocycles. The van der Waals surface area contributed by atoms with Gasteiger partial charge in [0.05, 0.1) is 21.2 Å². The Kier molecular flexibility index (Phi) is 5.23. The summed E-state index contributed by atoms with van der Waals surface area (Å²) in [5, 5.41) is 19.1. The third-order valence-electron chi connectivity index (χ3n) is 2.40. The van der Waals surface area contributed by atoms with Gasteiger partial charge in [-0.1, -0.05) is 56.9 Å². The van der Waals surface area contributed by atoms with Crippen molar-refractivity contribution in [1.29, 1.82) is 10.5 Å². The Morgan fingerprint density at radius 3 is 1.50 bits per heavy atom. The molecule has 0 bridgehead atoms. The van der Waals surface area contributed by atoms with Crippen LogP contribution in [-0.4, -0.2) is 0 Å². The average molecular weight is 337 g/mol. The van der Waals surface area contributed by atoms with Gasteiger partial charge in [0.1, 0.15) is 12.1 Å². The Balaban J connectivity index is 2.27. The van der Waals surface area contributed by atoms with Crippen LogP contribution in [0.1, 0.15) is 11.1 Å². The smallest absolute Gasteiger partial charge is 0.102 e. The Morgan fingerprint density at radius 1 is 0.750 bits per heavy atom. The second-order valence-electron chi connectivity index (χ2n) is 3.62. The summed E-state index contributed by atoms with van der Waals surface area (Å²) in [7, 11) is 2.75. The van der Waals surface area contributed by atoms with Gasteiger partial charge in [-0.15, -0.1) is 0 Å². The van der Waals surface area contributed by atoms with E-state index < -0.39 is 0 Å². The zero-order chi connectivity index (χ0) is 14.5. The van der Waals surface area contributed by atoms with Crippen molar-refractivity contribution in [3.63, 3.8) is 0 Å². The minimum atomic E-state index is 0.421. The van der Waals surface area contributed by atoms with E-state index in [1.165, 1.54) is 21.6 Å². The van der Waals surface area contributed by atoms with Gasteiger partial charge in [0.2, 0.25) is 0 Å². The summed E-state index contributed by atoms with van der Waals surface area (Å²) in [5.74, 6) is 0. The standard InChI is InChI=1S/C14H6Cl2N2S2/c15-11-3-1-5-13(9(11)7-17)19-20-14-6-2-4-12(16)10(14)8-18/h1-6H. The molecule has 20 heavy (non-hydrogen) atoms. The highest BCUT2D eigenvalue weighted by Gasteiger charge is 2.11. The van der Waals surface area contributed by atoms with Crippen LogP contribution < -0.4 is 0 Å². The molecule has 0 aromatic heterocycles. The predicted octanol–water partition coefficient (Wildman–Crippen LogP) is 5.54. The van der Waals surface area contributed by atoms with Crippen LogP contribution >= 0.6 is 44.8 Å². The van der Waals surface area contributed by atoms with Crippen molar-refractivity contribution in [2.45, 2.75) is 9.79 Å². The molecule has 0 aliphatic rings. The quantitative estimate of drug-likeness (QED) is 0.690. The van der Waals surface area contributed by atoms with Gasteiger partial charge in [0.25, 0.3) is 0 Å². The number of nitrogens with zero attached hydrogens (tertiary/aromatic N) is 2. The van der Waals surface area contributed by atoms with Crippen molar-refractivity contribution in [3.8, 4) is 12.1 Å². The predicted molar refractivity (Wildman–Crippen MR) is 84.0 cm³/mol. The molecule has 0 unspecified atom stereocenters. The third-order valence-corrected chi connectivity index (χ3v) is 5.48. The zero-order valence-electron chi connectivity index (χ0n) is 9.93. The van der Waals surface area contributed by atoms with Crippen LogP contribution in [0.25, 0.3) is 0 Å². The SMILES string of the molecule is N#Cc1c(Cl)cccc1SSc1cccc(Cl)c1C#N. The molecule has 98 valence electrons. The molecule has 0 aliphatic carbocycles. The van der Waals surface area contributed by atoms with E-state index in [1.807, 2.05) is 12.1 Å². The average Bonchev–Trinajstić information content (AvgIpc) is 2.45. The highest BCUT2D eigenvalue weighted by atomic mass is 35.5. The lowest BCUT2D eigenvalue weighted by Crippen LogP contribution is -1.83. The van der Waals surface area contributed by atoms with E-state index >= 15 is 0 Å². The molecule has 0 radical (unpaired) electrons. The van der Waals surface area contributed by atoms with E-state index in [-0.39, 0.29) is 0 Å². The van der Waals surface area contributed by atoms with E-state index in [1.54, 1.807) is 24.3 Å².